The molecule has 1 fully saturated rings. The molecule has 0 aliphatic carbocycles. The van der Waals surface area contributed by atoms with Gasteiger partial charge in [-0.05, 0) is 5.56 Å². The molecule has 1 aromatic rings. The van der Waals surface area contributed by atoms with E-state index in [0.29, 0.717) is 0 Å². The van der Waals surface area contributed by atoms with E-state index in [1.807, 2.05) is 6.07 Å². The maximum absolute atomic E-state index is 11.4. The Morgan fingerprint density at radius 3 is 2.33 bits per heavy atom. The monoisotopic (exact) mass is 300 g/mol. The van der Waals surface area contributed by atoms with Crippen molar-refractivity contribution in [3.63, 3.8) is 0 Å². The lowest BCUT2D eigenvalue weighted by Gasteiger charge is -2.29. The van der Waals surface area contributed by atoms with Crippen LogP contribution >= 0.6 is 0 Å². The number of aliphatic hydroxyl groups excluding tert-OH is 1. The molecule has 1 heterocycles. The van der Waals surface area contributed by atoms with Gasteiger partial charge in [0.15, 0.2) is 0 Å². The fraction of sp³-hybridized carbons (Fsp3) is 0.462. The summed E-state index contributed by atoms with van der Waals surface area (Å²) in [6.45, 7) is -0.291. The van der Waals surface area contributed by atoms with Crippen LogP contribution < -0.4 is 0 Å². The zero-order valence-corrected chi connectivity index (χ0v) is 10.9. The molecule has 0 spiro atoms. The molecule has 5 N–H and O–H groups in total. The lowest BCUT2D eigenvalue weighted by Crippen LogP contribution is -2.57. The molecule has 0 amide bonds. The molecule has 0 saturated carbocycles. The molecule has 21 heavy (non-hydrogen) atoms. The lowest BCUT2D eigenvalue weighted by molar-refractivity contribution is -0.429. The molecule has 116 valence electrons. The van der Waals surface area contributed by atoms with Gasteiger partial charge in [-0.3, -0.25) is 4.79 Å². The van der Waals surface area contributed by atoms with Crippen molar-refractivity contribution in [3.8, 4) is 0 Å². The normalized spacial score (nSPS) is 24.6. The van der Waals surface area contributed by atoms with Crippen LogP contribution in [0.1, 0.15) is 5.56 Å². The molecule has 0 bridgehead atoms. The van der Waals surface area contributed by atoms with E-state index in [1.54, 1.807) is 24.3 Å². The molecular weight excluding hydrogens is 284 g/mol. The summed E-state index contributed by atoms with van der Waals surface area (Å²) in [5.74, 6) is -10.1. The molecule has 1 aromatic carbocycles. The van der Waals surface area contributed by atoms with Crippen LogP contribution in [0.5, 0.6) is 0 Å². The number of ether oxygens (including phenoxy) is 2. The fourth-order valence-electron chi connectivity index (χ4n) is 2.04. The second kappa shape index (κ2) is 5.68. The third kappa shape index (κ3) is 3.05. The number of aliphatic hydroxyl groups is 5. The minimum Gasteiger partial charge on any atom is -0.403 e. The number of rotatable bonds is 5. The first kappa shape index (κ1) is 15.8. The van der Waals surface area contributed by atoms with E-state index in [4.69, 9.17) is 4.74 Å². The number of cyclic esters (lactones) is 1. The zero-order valence-electron chi connectivity index (χ0n) is 10.9. The number of hydrogen-bond donors (Lipinski definition) is 5. The van der Waals surface area contributed by atoms with Gasteiger partial charge in [-0.1, -0.05) is 30.3 Å². The quantitative estimate of drug-likeness (QED) is 0.313. The third-order valence-electron chi connectivity index (χ3n) is 3.19. The van der Waals surface area contributed by atoms with E-state index >= 15 is 0 Å². The molecule has 1 aliphatic rings. The van der Waals surface area contributed by atoms with Crippen molar-refractivity contribution < 1.29 is 39.8 Å². The molecule has 0 aromatic heterocycles. The highest BCUT2D eigenvalue weighted by Gasteiger charge is 2.68. The lowest BCUT2D eigenvalue weighted by atomic mass is 9.94. The Hall–Kier alpha value is -1.55. The smallest absolute Gasteiger partial charge is 0.382 e. The number of esters is 1. The molecule has 2 rings (SSSR count). The number of hydrogen-bond acceptors (Lipinski definition) is 8. The molecule has 8 nitrogen and oxygen atoms in total. The van der Waals surface area contributed by atoms with Crippen LogP contribution in [-0.4, -0.2) is 56.0 Å². The highest BCUT2D eigenvalue weighted by Crippen LogP contribution is 2.37. The summed E-state index contributed by atoms with van der Waals surface area (Å²) < 4.78 is 9.18. The second-order valence-electron chi connectivity index (χ2n) is 4.80. The summed E-state index contributed by atoms with van der Waals surface area (Å²) in [5, 5.41) is 47.2. The molecule has 8 heteroatoms. The van der Waals surface area contributed by atoms with Crippen LogP contribution in [0.15, 0.2) is 30.3 Å². The number of carbonyl (C=O) groups excluding carboxylic acids is 1. The van der Waals surface area contributed by atoms with Gasteiger partial charge < -0.3 is 35.0 Å². The summed E-state index contributed by atoms with van der Waals surface area (Å²) in [7, 11) is 0. The van der Waals surface area contributed by atoms with Crippen LogP contribution in [0.3, 0.4) is 0 Å². The third-order valence-corrected chi connectivity index (χ3v) is 3.19. The van der Waals surface area contributed by atoms with Crippen molar-refractivity contribution in [2.24, 2.45) is 5.92 Å². The van der Waals surface area contributed by atoms with Crippen molar-refractivity contribution in [2.45, 2.75) is 24.5 Å². The van der Waals surface area contributed by atoms with Crippen molar-refractivity contribution in [1.82, 2.24) is 0 Å². The van der Waals surface area contributed by atoms with Gasteiger partial charge in [-0.25, -0.2) is 0 Å². The summed E-state index contributed by atoms with van der Waals surface area (Å²) in [5.41, 5.74) is 0.816. The average Bonchev–Trinajstić information content (AvgIpc) is 2.54. The predicted molar refractivity (Wildman–Crippen MR) is 66.0 cm³/mol. The molecule has 1 saturated heterocycles. The highest BCUT2D eigenvalue weighted by atomic mass is 16.8. The maximum Gasteiger partial charge on any atom is 0.382 e. The molecule has 1 aliphatic heterocycles. The van der Waals surface area contributed by atoms with Crippen molar-refractivity contribution >= 4 is 5.97 Å². The fourth-order valence-corrected chi connectivity index (χ4v) is 2.04. The Morgan fingerprint density at radius 2 is 1.81 bits per heavy atom. The first-order valence-electron chi connectivity index (χ1n) is 6.18. The minimum atomic E-state index is -3.48. The van der Waals surface area contributed by atoms with Crippen LogP contribution in [0.2, 0.25) is 0 Å². The molecule has 2 atom stereocenters. The zero-order chi connectivity index (χ0) is 15.7. The Balaban J connectivity index is 1.94. The van der Waals surface area contributed by atoms with Gasteiger partial charge in [-0.15, -0.1) is 0 Å². The summed E-state index contributed by atoms with van der Waals surface area (Å²) in [6, 6.07) is 8.97. The Bertz CT molecular complexity index is 498. The van der Waals surface area contributed by atoms with E-state index in [0.717, 1.165) is 5.56 Å². The van der Waals surface area contributed by atoms with E-state index in [-0.39, 0.29) is 6.61 Å². The second-order valence-corrected chi connectivity index (χ2v) is 4.80. The van der Waals surface area contributed by atoms with Crippen LogP contribution in [0, 0.1) is 5.92 Å². The standard InChI is InChI=1S/C13H16O8/c14-9(7-20-6-8-4-2-1-3-5-8)10-11(15)21-13(18,19)12(10,16)17/h1-5,9-10,14,16-19H,6-7H2. The highest BCUT2D eigenvalue weighted by molar-refractivity contribution is 5.77. The predicted octanol–water partition coefficient (Wildman–Crippen LogP) is -1.94. The molecule has 2 unspecified atom stereocenters. The van der Waals surface area contributed by atoms with Crippen molar-refractivity contribution in [2.75, 3.05) is 6.61 Å². The van der Waals surface area contributed by atoms with E-state index < -0.39 is 36.4 Å². The summed E-state index contributed by atoms with van der Waals surface area (Å²) in [6.07, 6.45) is -1.68. The Kier molecular flexibility index (Phi) is 4.28. The first-order chi connectivity index (χ1) is 9.75. The van der Waals surface area contributed by atoms with Gasteiger partial charge in [0.1, 0.15) is 5.92 Å². The average molecular weight is 300 g/mol. The van der Waals surface area contributed by atoms with Crippen molar-refractivity contribution in [1.29, 1.82) is 0 Å². The van der Waals surface area contributed by atoms with Gasteiger partial charge in [0.05, 0.1) is 19.3 Å². The number of carbonyl (C=O) groups is 1. The first-order valence-corrected chi connectivity index (χ1v) is 6.18. The van der Waals surface area contributed by atoms with E-state index in [9.17, 15) is 30.3 Å². The van der Waals surface area contributed by atoms with E-state index in [1.165, 1.54) is 0 Å². The van der Waals surface area contributed by atoms with Crippen molar-refractivity contribution in [3.05, 3.63) is 35.9 Å². The van der Waals surface area contributed by atoms with Gasteiger partial charge in [0.25, 0.3) is 5.79 Å². The maximum atomic E-state index is 11.4. The summed E-state index contributed by atoms with van der Waals surface area (Å²) >= 11 is 0. The molecule has 0 radical (unpaired) electrons. The SMILES string of the molecule is O=C1OC(O)(O)C(O)(O)C1C(O)COCc1ccccc1. The topological polar surface area (TPSA) is 137 Å². The number of benzene rings is 1. The van der Waals surface area contributed by atoms with Gasteiger partial charge >= 0.3 is 11.9 Å². The summed E-state index contributed by atoms with van der Waals surface area (Å²) in [4.78, 5) is 11.4. The van der Waals surface area contributed by atoms with Crippen LogP contribution in [0.25, 0.3) is 0 Å². The minimum absolute atomic E-state index is 0.132. The van der Waals surface area contributed by atoms with Gasteiger partial charge in [0, 0.05) is 0 Å². The molecular formula is C13H16O8. The van der Waals surface area contributed by atoms with Crippen LogP contribution in [-0.2, 0) is 20.9 Å². The largest absolute Gasteiger partial charge is 0.403 e. The van der Waals surface area contributed by atoms with E-state index in [2.05, 4.69) is 4.74 Å². The Labute approximate surface area is 119 Å². The van der Waals surface area contributed by atoms with Gasteiger partial charge in [-0.2, -0.15) is 0 Å². The van der Waals surface area contributed by atoms with Gasteiger partial charge in [0.2, 0.25) is 0 Å². The Morgan fingerprint density at radius 1 is 1.19 bits per heavy atom. The van der Waals surface area contributed by atoms with Crippen LogP contribution in [0.4, 0.5) is 0 Å².